The molecule has 2 heterocycles. The first-order valence-corrected chi connectivity index (χ1v) is 6.06. The molecule has 0 aromatic carbocycles. The molecule has 0 saturated carbocycles. The lowest BCUT2D eigenvalue weighted by Crippen LogP contribution is -2.42. The van der Waals surface area contributed by atoms with Gasteiger partial charge >= 0.3 is 5.69 Å². The van der Waals surface area contributed by atoms with Crippen molar-refractivity contribution in [2.75, 3.05) is 13.6 Å². The highest BCUT2D eigenvalue weighted by Crippen LogP contribution is 2.15. The van der Waals surface area contributed by atoms with E-state index >= 15 is 0 Å². The quantitative estimate of drug-likeness (QED) is 0.792. The molecule has 0 radical (unpaired) electrons. The van der Waals surface area contributed by atoms with Crippen LogP contribution in [-0.4, -0.2) is 34.1 Å². The normalized spacial score (nSPS) is 20.6. The van der Waals surface area contributed by atoms with Gasteiger partial charge in [-0.1, -0.05) is 6.42 Å². The van der Waals surface area contributed by atoms with Crippen LogP contribution in [0.1, 0.15) is 24.8 Å². The van der Waals surface area contributed by atoms with Crippen LogP contribution in [0.15, 0.2) is 15.8 Å². The second-order valence-electron chi connectivity index (χ2n) is 4.70. The van der Waals surface area contributed by atoms with Crippen molar-refractivity contribution < 1.29 is 0 Å². The first kappa shape index (κ1) is 12.6. The molecule has 0 bridgehead atoms. The Balaban J connectivity index is 2.26. The molecule has 0 aliphatic carbocycles. The number of likely N-dealkylation sites (tertiary alicyclic amines) is 1. The first-order valence-electron chi connectivity index (χ1n) is 6.06. The van der Waals surface area contributed by atoms with Gasteiger partial charge in [0.05, 0.1) is 0 Å². The molecule has 1 aromatic rings. The van der Waals surface area contributed by atoms with Crippen molar-refractivity contribution in [3.8, 4) is 6.07 Å². The van der Waals surface area contributed by atoms with Gasteiger partial charge in [0.25, 0.3) is 5.56 Å². The second-order valence-corrected chi connectivity index (χ2v) is 4.70. The van der Waals surface area contributed by atoms with Gasteiger partial charge in [0.1, 0.15) is 11.6 Å². The summed E-state index contributed by atoms with van der Waals surface area (Å²) in [5.41, 5.74) is -1.08. The molecule has 6 nitrogen and oxygen atoms in total. The Kier molecular flexibility index (Phi) is 3.63. The maximum absolute atomic E-state index is 11.7. The van der Waals surface area contributed by atoms with Crippen LogP contribution in [0, 0.1) is 11.3 Å². The number of hydrogen-bond acceptors (Lipinski definition) is 4. The first-order chi connectivity index (χ1) is 8.61. The minimum absolute atomic E-state index is 0.0203. The van der Waals surface area contributed by atoms with E-state index in [1.807, 2.05) is 7.05 Å². The van der Waals surface area contributed by atoms with Gasteiger partial charge in [-0.2, -0.15) is 5.26 Å². The van der Waals surface area contributed by atoms with Gasteiger partial charge in [0.2, 0.25) is 0 Å². The number of aromatic amines is 1. The zero-order valence-electron chi connectivity index (χ0n) is 10.3. The van der Waals surface area contributed by atoms with Crippen molar-refractivity contribution in [3.63, 3.8) is 0 Å². The Bertz CT molecular complexity index is 581. The summed E-state index contributed by atoms with van der Waals surface area (Å²) in [5.74, 6) is 0. The number of H-pyrrole nitrogens is 1. The Morgan fingerprint density at radius 2 is 2.28 bits per heavy atom. The number of nitrogens with one attached hydrogen (secondary N) is 1. The minimum Gasteiger partial charge on any atom is -0.302 e. The summed E-state index contributed by atoms with van der Waals surface area (Å²) >= 11 is 0. The van der Waals surface area contributed by atoms with Crippen LogP contribution in [0.4, 0.5) is 0 Å². The van der Waals surface area contributed by atoms with Gasteiger partial charge in [-0.15, -0.1) is 0 Å². The van der Waals surface area contributed by atoms with Crippen molar-refractivity contribution in [2.45, 2.75) is 31.8 Å². The minimum atomic E-state index is -0.615. The number of hydrogen-bond donors (Lipinski definition) is 1. The van der Waals surface area contributed by atoms with E-state index in [1.165, 1.54) is 17.2 Å². The lowest BCUT2D eigenvalue weighted by molar-refractivity contribution is 0.165. The molecule has 6 heteroatoms. The molecule has 0 spiro atoms. The third kappa shape index (κ3) is 2.51. The van der Waals surface area contributed by atoms with Gasteiger partial charge in [-0.3, -0.25) is 14.3 Å². The summed E-state index contributed by atoms with van der Waals surface area (Å²) < 4.78 is 1.42. The molecule has 1 unspecified atom stereocenters. The molecule has 0 amide bonds. The molecular formula is C12H16N4O2. The van der Waals surface area contributed by atoms with Gasteiger partial charge < -0.3 is 4.90 Å². The molecule has 1 fully saturated rings. The number of rotatable bonds is 2. The third-order valence-corrected chi connectivity index (χ3v) is 3.46. The lowest BCUT2D eigenvalue weighted by atomic mass is 10.0. The lowest BCUT2D eigenvalue weighted by Gasteiger charge is -2.32. The Labute approximate surface area is 104 Å². The van der Waals surface area contributed by atoms with Crippen molar-refractivity contribution in [3.05, 3.63) is 32.6 Å². The van der Waals surface area contributed by atoms with E-state index in [0.29, 0.717) is 6.54 Å². The Morgan fingerprint density at radius 1 is 1.50 bits per heavy atom. The van der Waals surface area contributed by atoms with Crippen LogP contribution in [0.3, 0.4) is 0 Å². The Hall–Kier alpha value is -1.87. The van der Waals surface area contributed by atoms with Crippen LogP contribution in [0.25, 0.3) is 0 Å². The van der Waals surface area contributed by atoms with Crippen molar-refractivity contribution in [1.29, 1.82) is 5.26 Å². The molecule has 1 aliphatic rings. The van der Waals surface area contributed by atoms with E-state index in [-0.39, 0.29) is 11.6 Å². The Morgan fingerprint density at radius 3 is 2.94 bits per heavy atom. The van der Waals surface area contributed by atoms with E-state index in [0.717, 1.165) is 19.4 Å². The van der Waals surface area contributed by atoms with Crippen molar-refractivity contribution in [2.24, 2.45) is 0 Å². The second kappa shape index (κ2) is 5.19. The fraction of sp³-hybridized carbons (Fsp3) is 0.583. The average molecular weight is 248 g/mol. The third-order valence-electron chi connectivity index (χ3n) is 3.46. The molecule has 1 N–H and O–H groups in total. The topological polar surface area (TPSA) is 81.9 Å². The van der Waals surface area contributed by atoms with E-state index < -0.39 is 11.2 Å². The monoisotopic (exact) mass is 248 g/mol. The number of nitrogens with zero attached hydrogens (tertiary/aromatic N) is 3. The van der Waals surface area contributed by atoms with Crippen LogP contribution in [0.2, 0.25) is 0 Å². The molecule has 1 aliphatic heterocycles. The van der Waals surface area contributed by atoms with Gasteiger partial charge in [0, 0.05) is 18.8 Å². The van der Waals surface area contributed by atoms with Gasteiger partial charge in [-0.05, 0) is 26.4 Å². The predicted octanol–water partition coefficient (Wildman–Crippen LogP) is -0.107. The fourth-order valence-electron chi connectivity index (χ4n) is 2.33. The molecule has 18 heavy (non-hydrogen) atoms. The number of nitriles is 1. The molecular weight excluding hydrogens is 232 g/mol. The highest BCUT2D eigenvalue weighted by Gasteiger charge is 2.20. The van der Waals surface area contributed by atoms with Gasteiger partial charge in [-0.25, -0.2) is 4.79 Å². The molecule has 1 atom stereocenters. The van der Waals surface area contributed by atoms with Crippen LogP contribution in [-0.2, 0) is 6.54 Å². The smallest absolute Gasteiger partial charge is 0.302 e. The van der Waals surface area contributed by atoms with E-state index in [2.05, 4.69) is 9.88 Å². The maximum Gasteiger partial charge on any atom is 0.328 e. The molecule has 2 rings (SSSR count). The van der Waals surface area contributed by atoms with Crippen LogP contribution >= 0.6 is 0 Å². The summed E-state index contributed by atoms with van der Waals surface area (Å²) in [4.78, 5) is 27.3. The zero-order valence-corrected chi connectivity index (χ0v) is 10.3. The summed E-state index contributed by atoms with van der Waals surface area (Å²) in [6, 6.07) is 2.08. The van der Waals surface area contributed by atoms with Crippen molar-refractivity contribution in [1.82, 2.24) is 14.5 Å². The highest BCUT2D eigenvalue weighted by atomic mass is 16.2. The average Bonchev–Trinajstić information content (AvgIpc) is 2.35. The largest absolute Gasteiger partial charge is 0.328 e. The van der Waals surface area contributed by atoms with Crippen molar-refractivity contribution >= 4 is 0 Å². The van der Waals surface area contributed by atoms with Crippen LogP contribution < -0.4 is 11.2 Å². The standard InChI is InChI=1S/C12H16N4O2/c1-15-5-3-2-4-10(15)8-16-7-9(6-13)11(17)14-12(16)18/h7,10H,2-5,8H2,1H3,(H,14,17,18). The summed E-state index contributed by atoms with van der Waals surface area (Å²) in [6.07, 6.45) is 4.71. The predicted molar refractivity (Wildman–Crippen MR) is 66.3 cm³/mol. The summed E-state index contributed by atoms with van der Waals surface area (Å²) in [6.45, 7) is 1.54. The SMILES string of the molecule is CN1CCCCC1Cn1cc(C#N)c(=O)[nH]c1=O. The number of likely N-dealkylation sites (N-methyl/N-ethyl adjacent to an activating group) is 1. The van der Waals surface area contributed by atoms with Crippen LogP contribution in [0.5, 0.6) is 0 Å². The summed E-state index contributed by atoms with van der Waals surface area (Å²) in [5, 5.41) is 8.80. The zero-order chi connectivity index (χ0) is 13.1. The van der Waals surface area contributed by atoms with Gasteiger partial charge in [0.15, 0.2) is 0 Å². The number of aromatic nitrogens is 2. The van der Waals surface area contributed by atoms with E-state index in [1.54, 1.807) is 6.07 Å². The number of piperidine rings is 1. The maximum atomic E-state index is 11.7. The fourth-order valence-corrected chi connectivity index (χ4v) is 2.33. The van der Waals surface area contributed by atoms with E-state index in [4.69, 9.17) is 5.26 Å². The summed E-state index contributed by atoms with van der Waals surface area (Å²) in [7, 11) is 2.03. The molecule has 1 saturated heterocycles. The highest BCUT2D eigenvalue weighted by molar-refractivity contribution is 5.21. The molecule has 1 aromatic heterocycles. The van der Waals surface area contributed by atoms with E-state index in [9.17, 15) is 9.59 Å². The molecule has 96 valence electrons.